The molecule has 3 rings (SSSR count). The van der Waals surface area contributed by atoms with Gasteiger partial charge in [-0.3, -0.25) is 9.48 Å². The lowest BCUT2D eigenvalue weighted by molar-refractivity contribution is 0.0917. The topological polar surface area (TPSA) is 69.3 Å². The van der Waals surface area contributed by atoms with Crippen LogP contribution in [0.2, 0.25) is 0 Å². The summed E-state index contributed by atoms with van der Waals surface area (Å²) in [6.45, 7) is 2.04. The van der Waals surface area contributed by atoms with Crippen molar-refractivity contribution < 1.29 is 35.9 Å². The van der Waals surface area contributed by atoms with Crippen LogP contribution < -0.4 is 10.1 Å². The van der Waals surface area contributed by atoms with Crippen LogP contribution >= 0.6 is 0 Å². The molecule has 1 N–H and O–H groups in total. The molecule has 0 bridgehead atoms. The van der Waals surface area contributed by atoms with Crippen molar-refractivity contribution in [3.63, 3.8) is 0 Å². The van der Waals surface area contributed by atoms with Crippen LogP contribution in [0.3, 0.4) is 0 Å². The smallest absolute Gasteiger partial charge is 0.287 e. The molecule has 1 aromatic carbocycles. The third kappa shape index (κ3) is 4.08. The van der Waals surface area contributed by atoms with E-state index in [2.05, 4.69) is 15.2 Å². The van der Waals surface area contributed by atoms with Crippen molar-refractivity contribution in [3.05, 3.63) is 70.7 Å². The Morgan fingerprint density at radius 3 is 2.38 bits per heavy atom. The molecule has 154 valence electrons. The molecule has 6 nitrogen and oxygen atoms in total. The van der Waals surface area contributed by atoms with E-state index >= 15 is 0 Å². The number of hydrogen-bond acceptors (Lipinski definition) is 4. The van der Waals surface area contributed by atoms with Crippen molar-refractivity contribution in [1.82, 2.24) is 15.1 Å². The molecule has 1 amide bonds. The standard InChI is InChI=1S/C18H14F5N3O3/c1-2-26-9(5-6-25-26)7-24-18(27)11-4-3-10(29-11)8-28-17-15(22)13(20)12(19)14(21)16(17)23/h3-6H,2,7-8H2,1H3,(H,24,27). The van der Waals surface area contributed by atoms with Crippen LogP contribution in [0.25, 0.3) is 0 Å². The molecule has 11 heteroatoms. The van der Waals surface area contributed by atoms with Crippen molar-refractivity contribution in [3.8, 4) is 5.75 Å². The molecular weight excluding hydrogens is 401 g/mol. The molecule has 0 unspecified atom stereocenters. The number of carbonyl (C=O) groups excluding carboxylic acids is 1. The summed E-state index contributed by atoms with van der Waals surface area (Å²) in [5, 5.41) is 6.67. The third-order valence-corrected chi connectivity index (χ3v) is 3.95. The van der Waals surface area contributed by atoms with Crippen LogP contribution in [0.15, 0.2) is 28.8 Å². The summed E-state index contributed by atoms with van der Waals surface area (Å²) >= 11 is 0. The number of nitrogens with one attached hydrogen (secondary N) is 1. The van der Waals surface area contributed by atoms with Crippen molar-refractivity contribution in [2.45, 2.75) is 26.6 Å². The minimum Gasteiger partial charge on any atom is -0.479 e. The van der Waals surface area contributed by atoms with Gasteiger partial charge in [-0.1, -0.05) is 0 Å². The number of halogens is 5. The van der Waals surface area contributed by atoms with Gasteiger partial charge in [-0.25, -0.2) is 13.2 Å². The normalized spacial score (nSPS) is 11.0. The van der Waals surface area contributed by atoms with E-state index in [-0.39, 0.29) is 18.1 Å². The summed E-state index contributed by atoms with van der Waals surface area (Å²) in [5.74, 6) is -12.9. The Hall–Kier alpha value is -3.37. The predicted octanol–water partition coefficient (Wildman–Crippen LogP) is 3.70. The molecule has 0 spiro atoms. The fourth-order valence-electron chi connectivity index (χ4n) is 2.49. The Bertz CT molecular complexity index is 1020. The van der Waals surface area contributed by atoms with Gasteiger partial charge in [0.15, 0.2) is 11.5 Å². The molecular formula is C18H14F5N3O3. The number of carbonyl (C=O) groups is 1. The van der Waals surface area contributed by atoms with Gasteiger partial charge in [0.25, 0.3) is 5.91 Å². The first-order valence-corrected chi connectivity index (χ1v) is 8.35. The van der Waals surface area contributed by atoms with Gasteiger partial charge in [-0.05, 0) is 25.1 Å². The Kier molecular flexibility index (Phi) is 5.85. The maximum absolute atomic E-state index is 13.6. The SMILES string of the molecule is CCn1nccc1CNC(=O)c1ccc(COc2c(F)c(F)c(F)c(F)c2F)o1. The Labute approximate surface area is 160 Å². The highest BCUT2D eigenvalue weighted by molar-refractivity contribution is 5.91. The average molecular weight is 415 g/mol. The van der Waals surface area contributed by atoms with Gasteiger partial charge in [-0.2, -0.15) is 13.9 Å². The van der Waals surface area contributed by atoms with Crippen LogP contribution in [0.4, 0.5) is 22.0 Å². The first-order chi connectivity index (χ1) is 13.8. The zero-order chi connectivity index (χ0) is 21.1. The number of furan rings is 1. The number of aromatic nitrogens is 2. The van der Waals surface area contributed by atoms with Gasteiger partial charge >= 0.3 is 0 Å². The predicted molar refractivity (Wildman–Crippen MR) is 88.3 cm³/mol. The monoisotopic (exact) mass is 415 g/mol. The van der Waals surface area contributed by atoms with Crippen LogP contribution in [0, 0.1) is 29.1 Å². The van der Waals surface area contributed by atoms with Gasteiger partial charge in [0, 0.05) is 12.7 Å². The van der Waals surface area contributed by atoms with E-state index in [1.165, 1.54) is 12.1 Å². The zero-order valence-electron chi connectivity index (χ0n) is 14.9. The molecule has 0 aliphatic carbocycles. The Morgan fingerprint density at radius 1 is 1.07 bits per heavy atom. The molecule has 0 saturated heterocycles. The number of aryl methyl sites for hydroxylation is 1. The molecule has 2 heterocycles. The first-order valence-electron chi connectivity index (χ1n) is 8.35. The second-order valence-corrected chi connectivity index (χ2v) is 5.77. The van der Waals surface area contributed by atoms with E-state index < -0.39 is 47.3 Å². The quantitative estimate of drug-likeness (QED) is 0.363. The summed E-state index contributed by atoms with van der Waals surface area (Å²) in [6.07, 6.45) is 1.59. The van der Waals surface area contributed by atoms with Crippen LogP contribution in [0.5, 0.6) is 5.75 Å². The molecule has 0 fully saturated rings. The average Bonchev–Trinajstić information content (AvgIpc) is 3.38. The number of hydrogen-bond donors (Lipinski definition) is 1. The van der Waals surface area contributed by atoms with Crippen LogP contribution in [0.1, 0.15) is 28.9 Å². The lowest BCUT2D eigenvalue weighted by atomic mass is 10.2. The summed E-state index contributed by atoms with van der Waals surface area (Å²) in [5.41, 5.74) is 0.766. The summed E-state index contributed by atoms with van der Waals surface area (Å²) in [6, 6.07) is 4.29. The summed E-state index contributed by atoms with van der Waals surface area (Å²) in [4.78, 5) is 12.1. The molecule has 2 aromatic heterocycles. The zero-order valence-corrected chi connectivity index (χ0v) is 14.9. The molecule has 0 atom stereocenters. The summed E-state index contributed by atoms with van der Waals surface area (Å²) in [7, 11) is 0. The number of rotatable bonds is 7. The molecule has 0 radical (unpaired) electrons. The fourth-order valence-corrected chi connectivity index (χ4v) is 2.49. The highest BCUT2D eigenvalue weighted by Crippen LogP contribution is 2.29. The van der Waals surface area contributed by atoms with E-state index in [0.29, 0.717) is 6.54 Å². The number of amides is 1. The van der Waals surface area contributed by atoms with Gasteiger partial charge < -0.3 is 14.5 Å². The third-order valence-electron chi connectivity index (χ3n) is 3.95. The number of nitrogens with zero attached hydrogens (tertiary/aromatic N) is 2. The van der Waals surface area contributed by atoms with Crippen molar-refractivity contribution in [2.24, 2.45) is 0 Å². The lowest BCUT2D eigenvalue weighted by Crippen LogP contribution is -2.24. The van der Waals surface area contributed by atoms with Crippen molar-refractivity contribution in [1.29, 1.82) is 0 Å². The minimum atomic E-state index is -2.28. The Morgan fingerprint density at radius 2 is 1.72 bits per heavy atom. The minimum absolute atomic E-state index is 0.0577. The van der Waals surface area contributed by atoms with Gasteiger partial charge in [0.2, 0.25) is 29.1 Å². The Balaban J connectivity index is 1.64. The highest BCUT2D eigenvalue weighted by Gasteiger charge is 2.27. The molecule has 3 aromatic rings. The van der Waals surface area contributed by atoms with E-state index in [1.54, 1.807) is 16.9 Å². The van der Waals surface area contributed by atoms with Crippen LogP contribution in [-0.2, 0) is 19.7 Å². The van der Waals surface area contributed by atoms with Gasteiger partial charge in [0.05, 0.1) is 12.2 Å². The molecule has 0 saturated carbocycles. The van der Waals surface area contributed by atoms with E-state index in [4.69, 9.17) is 4.42 Å². The number of benzene rings is 1. The van der Waals surface area contributed by atoms with Crippen LogP contribution in [-0.4, -0.2) is 15.7 Å². The lowest BCUT2D eigenvalue weighted by Gasteiger charge is -2.09. The fraction of sp³-hybridized carbons (Fsp3) is 0.222. The largest absolute Gasteiger partial charge is 0.479 e. The maximum Gasteiger partial charge on any atom is 0.287 e. The highest BCUT2D eigenvalue weighted by atomic mass is 19.2. The van der Waals surface area contributed by atoms with E-state index in [0.717, 1.165) is 5.69 Å². The number of ether oxygens (including phenoxy) is 1. The molecule has 0 aliphatic rings. The first kappa shape index (κ1) is 20.4. The molecule has 29 heavy (non-hydrogen) atoms. The van der Waals surface area contributed by atoms with Crippen molar-refractivity contribution in [2.75, 3.05) is 0 Å². The van der Waals surface area contributed by atoms with Gasteiger partial charge in [-0.15, -0.1) is 0 Å². The molecule has 0 aliphatic heterocycles. The second-order valence-electron chi connectivity index (χ2n) is 5.77. The summed E-state index contributed by atoms with van der Waals surface area (Å²) < 4.78 is 78.1. The van der Waals surface area contributed by atoms with Gasteiger partial charge in [0.1, 0.15) is 12.4 Å². The maximum atomic E-state index is 13.6. The van der Waals surface area contributed by atoms with E-state index in [9.17, 15) is 26.7 Å². The second kappa shape index (κ2) is 8.33. The van der Waals surface area contributed by atoms with E-state index in [1.807, 2.05) is 6.92 Å². The van der Waals surface area contributed by atoms with Crippen molar-refractivity contribution >= 4 is 5.91 Å².